The van der Waals surface area contributed by atoms with Crippen molar-refractivity contribution < 1.29 is 9.53 Å². The molecule has 20 heavy (non-hydrogen) atoms. The lowest BCUT2D eigenvalue weighted by Crippen LogP contribution is -2.37. The number of rotatable bonds is 4. The Hall–Kier alpha value is -0.553. The van der Waals surface area contributed by atoms with Crippen molar-refractivity contribution >= 4 is 20.7 Å². The fourth-order valence-corrected chi connectivity index (χ4v) is 2.68. The van der Waals surface area contributed by atoms with Gasteiger partial charge in [-0.1, -0.05) is 32.9 Å². The average molecular weight is 318 g/mol. The fraction of sp³-hybridized carbons (Fsp3) is 0.600. The highest BCUT2D eigenvalue weighted by atomic mass is 35.5. The minimum atomic E-state index is -1.57. The maximum absolute atomic E-state index is 10.2. The zero-order valence-electron chi connectivity index (χ0n) is 13.3. The third-order valence-electron chi connectivity index (χ3n) is 2.92. The van der Waals surface area contributed by atoms with Crippen molar-refractivity contribution in [2.24, 2.45) is 11.1 Å². The van der Waals surface area contributed by atoms with Crippen LogP contribution in [0.5, 0.6) is 5.75 Å². The monoisotopic (exact) mass is 317 g/mol. The summed E-state index contributed by atoms with van der Waals surface area (Å²) in [4.78, 5) is 0. The molecule has 0 saturated carbocycles. The average Bonchev–Trinajstić information content (AvgIpc) is 2.24. The van der Waals surface area contributed by atoms with E-state index in [1.54, 1.807) is 0 Å². The first-order valence-electron chi connectivity index (χ1n) is 6.73. The molecule has 3 N–H and O–H groups in total. The predicted octanol–water partition coefficient (Wildman–Crippen LogP) is 3.73. The van der Waals surface area contributed by atoms with Gasteiger partial charge in [-0.2, -0.15) is 0 Å². The molecule has 0 unspecified atom stereocenters. The summed E-state index contributed by atoms with van der Waals surface area (Å²) in [6.45, 7) is 12.4. The largest absolute Gasteiger partial charge is 0.544 e. The number of aliphatic hydroxyl groups excluding tert-OH is 1. The van der Waals surface area contributed by atoms with E-state index in [9.17, 15) is 5.11 Å². The van der Waals surface area contributed by atoms with Crippen LogP contribution in [0.25, 0.3) is 0 Å². The molecule has 5 heteroatoms. The highest BCUT2D eigenvalue weighted by Crippen LogP contribution is 2.29. The van der Waals surface area contributed by atoms with E-state index in [1.165, 1.54) is 0 Å². The Bertz CT molecular complexity index is 409. The molecule has 1 aromatic carbocycles. The first-order valence-corrected chi connectivity index (χ1v) is 10.1. The number of halogens is 1. The van der Waals surface area contributed by atoms with Gasteiger partial charge in [-0.05, 0) is 42.8 Å². The lowest BCUT2D eigenvalue weighted by Gasteiger charge is -2.31. The second kappa shape index (κ2) is 6.94. The van der Waals surface area contributed by atoms with Gasteiger partial charge in [-0.25, -0.2) is 0 Å². The van der Waals surface area contributed by atoms with E-state index >= 15 is 0 Å². The molecule has 3 nitrogen and oxygen atoms in total. The summed E-state index contributed by atoms with van der Waals surface area (Å²) in [5.74, 6) is 0.875. The topological polar surface area (TPSA) is 55.5 Å². The molecule has 0 fully saturated rings. The molecule has 1 rings (SSSR count). The number of nitrogens with two attached hydrogens (primary N) is 1. The summed E-state index contributed by atoms with van der Waals surface area (Å²) < 4.78 is 5.90. The van der Waals surface area contributed by atoms with Gasteiger partial charge in [0, 0.05) is 0 Å². The van der Waals surface area contributed by atoms with Gasteiger partial charge in [0.2, 0.25) is 8.32 Å². The Balaban J connectivity index is 0.00000361. The van der Waals surface area contributed by atoms with Crippen molar-refractivity contribution in [3.05, 3.63) is 29.8 Å². The molecule has 1 aromatic rings. The summed E-state index contributed by atoms with van der Waals surface area (Å²) in [5.41, 5.74) is 6.83. The Morgan fingerprint density at radius 1 is 1.10 bits per heavy atom. The second-order valence-electron chi connectivity index (χ2n) is 7.12. The van der Waals surface area contributed by atoms with Gasteiger partial charge in [0.15, 0.2) is 0 Å². The van der Waals surface area contributed by atoms with Crippen LogP contribution in [0.4, 0.5) is 0 Å². The van der Waals surface area contributed by atoms with Crippen LogP contribution in [0.15, 0.2) is 24.3 Å². The lowest BCUT2D eigenvalue weighted by atomic mass is 9.82. The van der Waals surface area contributed by atoms with Crippen molar-refractivity contribution in [3.8, 4) is 5.75 Å². The van der Waals surface area contributed by atoms with Gasteiger partial charge in [-0.3, -0.25) is 0 Å². The van der Waals surface area contributed by atoms with Gasteiger partial charge in [-0.15, -0.1) is 12.4 Å². The summed E-state index contributed by atoms with van der Waals surface area (Å²) in [6, 6.07) is 7.37. The summed E-state index contributed by atoms with van der Waals surface area (Å²) in [6.07, 6.45) is -0.573. The Labute approximate surface area is 130 Å². The first-order chi connectivity index (χ1) is 8.50. The second-order valence-corrected chi connectivity index (χ2v) is 11.5. The van der Waals surface area contributed by atoms with Crippen LogP contribution in [-0.2, 0) is 0 Å². The number of aliphatic hydroxyl groups is 1. The summed E-state index contributed by atoms with van der Waals surface area (Å²) in [5, 5.41) is 10.2. The minimum absolute atomic E-state index is 0. The number of benzene rings is 1. The highest BCUT2D eigenvalue weighted by molar-refractivity contribution is 6.70. The molecular formula is C15H28ClNO2Si. The van der Waals surface area contributed by atoms with Crippen molar-refractivity contribution in [1.29, 1.82) is 0 Å². The van der Waals surface area contributed by atoms with Crippen LogP contribution in [0.3, 0.4) is 0 Å². The van der Waals surface area contributed by atoms with Crippen molar-refractivity contribution in [1.82, 2.24) is 0 Å². The molecule has 2 atom stereocenters. The third-order valence-corrected chi connectivity index (χ3v) is 3.76. The molecule has 0 aromatic heterocycles. The molecule has 0 amide bonds. The molecule has 0 radical (unpaired) electrons. The Kier molecular flexibility index (Phi) is 6.75. The van der Waals surface area contributed by atoms with Crippen molar-refractivity contribution in [2.75, 3.05) is 0 Å². The lowest BCUT2D eigenvalue weighted by molar-refractivity contribution is 0.0401. The molecule has 116 valence electrons. The van der Waals surface area contributed by atoms with Crippen LogP contribution in [0.1, 0.15) is 32.4 Å². The van der Waals surface area contributed by atoms with Gasteiger partial charge >= 0.3 is 0 Å². The normalized spacial score (nSPS) is 15.2. The molecular weight excluding hydrogens is 290 g/mol. The van der Waals surface area contributed by atoms with Crippen LogP contribution in [0, 0.1) is 5.41 Å². The van der Waals surface area contributed by atoms with Gasteiger partial charge in [0.25, 0.3) is 0 Å². The van der Waals surface area contributed by atoms with E-state index in [-0.39, 0.29) is 23.9 Å². The van der Waals surface area contributed by atoms with Gasteiger partial charge < -0.3 is 15.3 Å². The first kappa shape index (κ1) is 19.4. The molecule has 0 heterocycles. The quantitative estimate of drug-likeness (QED) is 0.832. The Morgan fingerprint density at radius 2 is 1.55 bits per heavy atom. The molecule has 0 bridgehead atoms. The standard InChI is InChI=1S/C15H27NO2Si.ClH/c1-15(2,3)14(17)13(16)11-7-9-12(10-8-11)18-19(4,5)6;/h7-10,13-14,17H,16H2,1-6H3;1H/t13-,14-;/m1./s1. The number of hydrogen-bond donors (Lipinski definition) is 2. The molecule has 0 saturated heterocycles. The van der Waals surface area contributed by atoms with E-state index in [0.717, 1.165) is 11.3 Å². The minimum Gasteiger partial charge on any atom is -0.544 e. The maximum atomic E-state index is 10.2. The fourth-order valence-electron chi connectivity index (χ4n) is 1.83. The zero-order chi connectivity index (χ0) is 14.8. The highest BCUT2D eigenvalue weighted by Gasteiger charge is 2.29. The van der Waals surface area contributed by atoms with Crippen molar-refractivity contribution in [2.45, 2.75) is 52.6 Å². The van der Waals surface area contributed by atoms with Crippen LogP contribution >= 0.6 is 12.4 Å². The third kappa shape index (κ3) is 5.83. The Morgan fingerprint density at radius 3 is 1.90 bits per heavy atom. The van der Waals surface area contributed by atoms with E-state index in [4.69, 9.17) is 10.2 Å². The summed E-state index contributed by atoms with van der Waals surface area (Å²) in [7, 11) is -1.57. The molecule has 0 aliphatic carbocycles. The smallest absolute Gasteiger partial charge is 0.242 e. The van der Waals surface area contributed by atoms with Crippen LogP contribution in [0.2, 0.25) is 19.6 Å². The van der Waals surface area contributed by atoms with E-state index in [0.29, 0.717) is 0 Å². The molecule has 0 aliphatic rings. The zero-order valence-corrected chi connectivity index (χ0v) is 15.1. The van der Waals surface area contributed by atoms with Crippen molar-refractivity contribution in [3.63, 3.8) is 0 Å². The van der Waals surface area contributed by atoms with Gasteiger partial charge in [0.1, 0.15) is 5.75 Å². The SMILES string of the molecule is CC(C)(C)[C@H](O)[C@H](N)c1ccc(O[Si](C)(C)C)cc1.Cl. The van der Waals surface area contributed by atoms with Gasteiger partial charge in [0.05, 0.1) is 12.1 Å². The number of hydrogen-bond acceptors (Lipinski definition) is 3. The van der Waals surface area contributed by atoms with E-state index in [2.05, 4.69) is 19.6 Å². The molecule has 0 aliphatic heterocycles. The maximum Gasteiger partial charge on any atom is 0.242 e. The van der Waals surface area contributed by atoms with E-state index < -0.39 is 14.4 Å². The van der Waals surface area contributed by atoms with E-state index in [1.807, 2.05) is 45.0 Å². The van der Waals surface area contributed by atoms with Crippen LogP contribution < -0.4 is 10.2 Å². The molecule has 0 spiro atoms. The predicted molar refractivity (Wildman–Crippen MR) is 90.1 cm³/mol. The summed E-state index contributed by atoms with van der Waals surface area (Å²) >= 11 is 0. The van der Waals surface area contributed by atoms with Crippen LogP contribution in [-0.4, -0.2) is 19.5 Å².